The summed E-state index contributed by atoms with van der Waals surface area (Å²) in [5.41, 5.74) is 0.651. The smallest absolute Gasteiger partial charge is 0.342 e. The number of phenols is 1. The van der Waals surface area contributed by atoms with Crippen molar-refractivity contribution in [2.45, 2.75) is 30.7 Å². The summed E-state index contributed by atoms with van der Waals surface area (Å²) in [7, 11) is 0. The van der Waals surface area contributed by atoms with Gasteiger partial charge in [0.25, 0.3) is 0 Å². The molecule has 0 bridgehead atoms. The molecule has 0 saturated carbocycles. The Hall–Kier alpha value is -2.17. The number of aromatic nitrogens is 1. The number of aliphatic hydroxyl groups is 4. The molecular weight excluding hydrogens is 322 g/mol. The van der Waals surface area contributed by atoms with Crippen molar-refractivity contribution < 1.29 is 39.8 Å². The summed E-state index contributed by atoms with van der Waals surface area (Å²) < 4.78 is 10.2. The lowest BCUT2D eigenvalue weighted by molar-refractivity contribution is -0.285. The maximum absolute atomic E-state index is 12.3. The van der Waals surface area contributed by atoms with Gasteiger partial charge in [-0.25, -0.2) is 4.79 Å². The van der Waals surface area contributed by atoms with E-state index in [-0.39, 0.29) is 11.3 Å². The van der Waals surface area contributed by atoms with Crippen LogP contribution < -0.4 is 0 Å². The number of hydrogen-bond donors (Lipinski definition) is 6. The zero-order valence-electron chi connectivity index (χ0n) is 12.4. The van der Waals surface area contributed by atoms with Gasteiger partial charge in [0.2, 0.25) is 6.29 Å². The second kappa shape index (κ2) is 6.38. The van der Waals surface area contributed by atoms with Crippen molar-refractivity contribution in [3.63, 3.8) is 0 Å². The third-order valence-corrected chi connectivity index (χ3v) is 3.96. The minimum atomic E-state index is -1.67. The topological polar surface area (TPSA) is 152 Å². The Bertz CT molecular complexity index is 742. The maximum Gasteiger partial charge on any atom is 0.342 e. The van der Waals surface area contributed by atoms with Gasteiger partial charge in [-0.05, 0) is 12.1 Å². The van der Waals surface area contributed by atoms with Gasteiger partial charge in [-0.1, -0.05) is 0 Å². The second-order valence-electron chi connectivity index (χ2n) is 5.53. The number of aromatic amines is 1. The molecule has 6 N–H and O–H groups in total. The van der Waals surface area contributed by atoms with Crippen LogP contribution in [0, 0.1) is 0 Å². The van der Waals surface area contributed by atoms with Crippen molar-refractivity contribution in [2.24, 2.45) is 0 Å². The van der Waals surface area contributed by atoms with Crippen LogP contribution in [0.15, 0.2) is 24.4 Å². The van der Waals surface area contributed by atoms with Crippen LogP contribution >= 0.6 is 0 Å². The standard InChI is InChI=1S/C15H17NO8/c17-5-10-11(19)12(20)13(21)15(23-10)24-14(22)8-4-16-9-3-6(18)1-2-7(8)9/h1-4,10-13,15-21H,5H2/t10-,11-,12+,13-,15+/m1/s1. The van der Waals surface area contributed by atoms with Crippen molar-refractivity contribution in [3.8, 4) is 5.75 Å². The van der Waals surface area contributed by atoms with Gasteiger partial charge in [0, 0.05) is 23.2 Å². The van der Waals surface area contributed by atoms with Crippen molar-refractivity contribution in [1.29, 1.82) is 0 Å². The Balaban J connectivity index is 1.80. The van der Waals surface area contributed by atoms with Gasteiger partial charge in [0.1, 0.15) is 30.2 Å². The highest BCUT2D eigenvalue weighted by molar-refractivity contribution is 6.04. The highest BCUT2D eigenvalue weighted by Crippen LogP contribution is 2.26. The third kappa shape index (κ3) is 2.83. The van der Waals surface area contributed by atoms with Gasteiger partial charge in [-0.2, -0.15) is 0 Å². The molecule has 3 rings (SSSR count). The molecule has 1 aliphatic heterocycles. The maximum atomic E-state index is 12.3. The summed E-state index contributed by atoms with van der Waals surface area (Å²) in [6.45, 7) is -0.620. The van der Waals surface area contributed by atoms with Crippen LogP contribution in [0.1, 0.15) is 10.4 Å². The molecule has 130 valence electrons. The Labute approximate surface area is 135 Å². The van der Waals surface area contributed by atoms with E-state index in [9.17, 15) is 25.2 Å². The van der Waals surface area contributed by atoms with Gasteiger partial charge in [-0.15, -0.1) is 0 Å². The molecule has 9 nitrogen and oxygen atoms in total. The number of rotatable bonds is 3. The molecule has 1 fully saturated rings. The van der Waals surface area contributed by atoms with Crippen LogP contribution in [0.3, 0.4) is 0 Å². The lowest BCUT2D eigenvalue weighted by Crippen LogP contribution is -2.59. The van der Waals surface area contributed by atoms with Crippen molar-refractivity contribution in [1.82, 2.24) is 4.98 Å². The van der Waals surface area contributed by atoms with E-state index in [0.717, 1.165) is 0 Å². The summed E-state index contributed by atoms with van der Waals surface area (Å²) in [4.78, 5) is 15.1. The summed E-state index contributed by atoms with van der Waals surface area (Å²) in [5, 5.41) is 48.3. The zero-order chi connectivity index (χ0) is 17.4. The largest absolute Gasteiger partial charge is 0.508 e. The predicted octanol–water partition coefficient (Wildman–Crippen LogP) is -1.17. The molecule has 0 unspecified atom stereocenters. The number of hydrogen-bond acceptors (Lipinski definition) is 8. The molecule has 0 radical (unpaired) electrons. The Morgan fingerprint density at radius 1 is 1.21 bits per heavy atom. The van der Waals surface area contributed by atoms with E-state index in [1.807, 2.05) is 0 Å². The molecule has 0 aliphatic carbocycles. The van der Waals surface area contributed by atoms with E-state index in [1.165, 1.54) is 24.4 Å². The summed E-state index contributed by atoms with van der Waals surface area (Å²) in [5.74, 6) is -0.811. The normalized spacial score (nSPS) is 30.4. The number of fused-ring (bicyclic) bond motifs is 1. The molecule has 24 heavy (non-hydrogen) atoms. The number of carbonyl (C=O) groups is 1. The van der Waals surface area contributed by atoms with Gasteiger partial charge >= 0.3 is 5.97 Å². The highest BCUT2D eigenvalue weighted by Gasteiger charge is 2.45. The van der Waals surface area contributed by atoms with Crippen molar-refractivity contribution in [2.75, 3.05) is 6.61 Å². The minimum Gasteiger partial charge on any atom is -0.508 e. The number of H-pyrrole nitrogens is 1. The van der Waals surface area contributed by atoms with Crippen LogP contribution in [0.2, 0.25) is 0 Å². The first-order valence-electron chi connectivity index (χ1n) is 7.24. The second-order valence-corrected chi connectivity index (χ2v) is 5.53. The van der Waals surface area contributed by atoms with E-state index in [2.05, 4.69) is 4.98 Å². The van der Waals surface area contributed by atoms with Gasteiger partial charge in [-0.3, -0.25) is 0 Å². The lowest BCUT2D eigenvalue weighted by Gasteiger charge is -2.39. The Kier molecular flexibility index (Phi) is 4.43. The first-order chi connectivity index (χ1) is 11.4. The van der Waals surface area contributed by atoms with Crippen LogP contribution in [0.4, 0.5) is 0 Å². The Morgan fingerprint density at radius 2 is 1.96 bits per heavy atom. The fourth-order valence-electron chi connectivity index (χ4n) is 2.62. The number of aliphatic hydroxyl groups excluding tert-OH is 4. The van der Waals surface area contributed by atoms with Crippen LogP contribution in [0.5, 0.6) is 5.75 Å². The molecule has 5 atom stereocenters. The fraction of sp³-hybridized carbons (Fsp3) is 0.400. The predicted molar refractivity (Wildman–Crippen MR) is 79.1 cm³/mol. The van der Waals surface area contributed by atoms with Crippen LogP contribution in [-0.4, -0.2) is 73.8 Å². The zero-order valence-corrected chi connectivity index (χ0v) is 12.4. The highest BCUT2D eigenvalue weighted by atomic mass is 16.7. The van der Waals surface area contributed by atoms with Gasteiger partial charge in [0.05, 0.1) is 12.2 Å². The van der Waals surface area contributed by atoms with E-state index in [4.69, 9.17) is 14.6 Å². The van der Waals surface area contributed by atoms with E-state index < -0.39 is 43.3 Å². The number of ether oxygens (including phenoxy) is 2. The minimum absolute atomic E-state index is 0.0261. The fourth-order valence-corrected chi connectivity index (χ4v) is 2.62. The number of phenolic OH excluding ortho intramolecular Hbond substituents is 1. The van der Waals surface area contributed by atoms with E-state index in [1.54, 1.807) is 0 Å². The molecule has 0 amide bonds. The number of aromatic hydroxyl groups is 1. The molecule has 1 saturated heterocycles. The lowest BCUT2D eigenvalue weighted by atomic mass is 9.99. The number of carbonyl (C=O) groups excluding carboxylic acids is 1. The number of esters is 1. The molecule has 1 aromatic heterocycles. The SMILES string of the molecule is O=C(O[C@@H]1O[C@H](CO)[C@@H](O)[C@H](O)[C@H]1O)c1c[nH]c2cc(O)ccc12. The summed E-state index contributed by atoms with van der Waals surface area (Å²) in [6.07, 6.45) is -6.17. The third-order valence-electron chi connectivity index (χ3n) is 3.96. The molecule has 0 spiro atoms. The van der Waals surface area contributed by atoms with Crippen molar-refractivity contribution in [3.05, 3.63) is 30.0 Å². The average molecular weight is 339 g/mol. The molecular formula is C15H17NO8. The molecule has 2 aromatic rings. The quantitative estimate of drug-likeness (QED) is 0.383. The molecule has 1 aromatic carbocycles. The number of benzene rings is 1. The average Bonchev–Trinajstić information content (AvgIpc) is 2.98. The summed E-state index contributed by atoms with van der Waals surface area (Å²) >= 11 is 0. The Morgan fingerprint density at radius 3 is 2.67 bits per heavy atom. The summed E-state index contributed by atoms with van der Waals surface area (Å²) in [6, 6.07) is 4.35. The van der Waals surface area contributed by atoms with Gasteiger partial charge in [0.15, 0.2) is 0 Å². The molecule has 2 heterocycles. The van der Waals surface area contributed by atoms with E-state index >= 15 is 0 Å². The van der Waals surface area contributed by atoms with Crippen molar-refractivity contribution >= 4 is 16.9 Å². The van der Waals surface area contributed by atoms with Gasteiger partial charge < -0.3 is 40.0 Å². The number of nitrogens with one attached hydrogen (secondary N) is 1. The van der Waals surface area contributed by atoms with Crippen LogP contribution in [0.25, 0.3) is 10.9 Å². The molecule has 1 aliphatic rings. The molecule has 9 heteroatoms. The first-order valence-corrected chi connectivity index (χ1v) is 7.24. The first kappa shape index (κ1) is 16.7. The van der Waals surface area contributed by atoms with E-state index in [0.29, 0.717) is 10.9 Å². The van der Waals surface area contributed by atoms with Crippen LogP contribution in [-0.2, 0) is 9.47 Å². The monoisotopic (exact) mass is 339 g/mol.